The van der Waals surface area contributed by atoms with E-state index >= 15 is 0 Å². The third-order valence-electron chi connectivity index (χ3n) is 4.04. The number of anilines is 3. The molecule has 1 heterocycles. The van der Waals surface area contributed by atoms with Gasteiger partial charge in [-0.15, -0.1) is 5.10 Å². The summed E-state index contributed by atoms with van der Waals surface area (Å²) in [5.74, 6) is 1.17. The van der Waals surface area contributed by atoms with Crippen molar-refractivity contribution in [2.45, 2.75) is 20.3 Å². The Labute approximate surface area is 152 Å². The van der Waals surface area contributed by atoms with Crippen LogP contribution in [0.1, 0.15) is 16.7 Å². The smallest absolute Gasteiger partial charge is 0.244 e. The van der Waals surface area contributed by atoms with Crippen molar-refractivity contribution in [2.75, 3.05) is 17.2 Å². The molecule has 3 rings (SSSR count). The van der Waals surface area contributed by atoms with Crippen molar-refractivity contribution < 1.29 is 0 Å². The minimum atomic E-state index is 0.504. The Morgan fingerprint density at radius 3 is 2.64 bits per heavy atom. The SMILES string of the molecule is Cc1cccc(Nc2cnnc(NCCc3ccc(Cl)cc3)n2)c1C. The van der Waals surface area contributed by atoms with Gasteiger partial charge in [-0.05, 0) is 55.2 Å². The summed E-state index contributed by atoms with van der Waals surface area (Å²) in [5.41, 5.74) is 4.65. The number of halogens is 1. The zero-order chi connectivity index (χ0) is 17.6. The van der Waals surface area contributed by atoms with E-state index in [2.05, 4.69) is 45.7 Å². The monoisotopic (exact) mass is 353 g/mol. The summed E-state index contributed by atoms with van der Waals surface area (Å²) in [6.07, 6.45) is 2.47. The van der Waals surface area contributed by atoms with E-state index in [1.807, 2.05) is 36.4 Å². The molecule has 0 atom stereocenters. The maximum absolute atomic E-state index is 5.90. The molecule has 128 valence electrons. The summed E-state index contributed by atoms with van der Waals surface area (Å²) >= 11 is 5.90. The van der Waals surface area contributed by atoms with Crippen LogP contribution >= 0.6 is 11.6 Å². The lowest BCUT2D eigenvalue weighted by atomic mass is 10.1. The topological polar surface area (TPSA) is 62.7 Å². The third-order valence-corrected chi connectivity index (χ3v) is 4.29. The van der Waals surface area contributed by atoms with Crippen molar-refractivity contribution in [3.63, 3.8) is 0 Å². The lowest BCUT2D eigenvalue weighted by Crippen LogP contribution is -2.10. The van der Waals surface area contributed by atoms with Crippen LogP contribution in [0.5, 0.6) is 0 Å². The molecule has 0 spiro atoms. The summed E-state index contributed by atoms with van der Waals surface area (Å²) in [6, 6.07) is 13.9. The molecule has 6 heteroatoms. The van der Waals surface area contributed by atoms with Crippen LogP contribution in [0, 0.1) is 13.8 Å². The number of hydrogen-bond acceptors (Lipinski definition) is 5. The van der Waals surface area contributed by atoms with Gasteiger partial charge in [0.2, 0.25) is 5.95 Å². The normalized spacial score (nSPS) is 10.5. The first-order chi connectivity index (χ1) is 12.1. The van der Waals surface area contributed by atoms with Crippen molar-refractivity contribution in [3.05, 3.63) is 70.4 Å². The predicted molar refractivity (Wildman–Crippen MR) is 103 cm³/mol. The van der Waals surface area contributed by atoms with Gasteiger partial charge >= 0.3 is 0 Å². The minimum absolute atomic E-state index is 0.504. The molecular weight excluding hydrogens is 334 g/mol. The maximum atomic E-state index is 5.90. The van der Waals surface area contributed by atoms with Crippen LogP contribution in [0.2, 0.25) is 5.02 Å². The van der Waals surface area contributed by atoms with Crippen LogP contribution in [0.4, 0.5) is 17.5 Å². The molecule has 25 heavy (non-hydrogen) atoms. The van der Waals surface area contributed by atoms with E-state index in [-0.39, 0.29) is 0 Å². The van der Waals surface area contributed by atoms with Crippen LogP contribution in [-0.4, -0.2) is 21.7 Å². The molecule has 3 aromatic rings. The predicted octanol–water partition coefficient (Wildman–Crippen LogP) is 4.54. The first kappa shape index (κ1) is 17.2. The highest BCUT2D eigenvalue weighted by atomic mass is 35.5. The Bertz CT molecular complexity index is 849. The van der Waals surface area contributed by atoms with Crippen LogP contribution in [0.3, 0.4) is 0 Å². The summed E-state index contributed by atoms with van der Waals surface area (Å²) in [6.45, 7) is 4.89. The molecular formula is C19H20ClN5. The van der Waals surface area contributed by atoms with Gasteiger partial charge in [0.25, 0.3) is 0 Å². The fourth-order valence-electron chi connectivity index (χ4n) is 2.43. The first-order valence-corrected chi connectivity index (χ1v) is 8.51. The number of hydrogen-bond donors (Lipinski definition) is 2. The molecule has 2 aromatic carbocycles. The van der Waals surface area contributed by atoms with Crippen LogP contribution in [0.25, 0.3) is 0 Å². The van der Waals surface area contributed by atoms with Crippen molar-refractivity contribution in [1.82, 2.24) is 15.2 Å². The van der Waals surface area contributed by atoms with Crippen molar-refractivity contribution in [1.29, 1.82) is 0 Å². The lowest BCUT2D eigenvalue weighted by molar-refractivity contribution is 0.929. The van der Waals surface area contributed by atoms with Gasteiger partial charge in [-0.1, -0.05) is 35.9 Å². The van der Waals surface area contributed by atoms with E-state index in [4.69, 9.17) is 11.6 Å². The van der Waals surface area contributed by atoms with E-state index < -0.39 is 0 Å². The van der Waals surface area contributed by atoms with Crippen molar-refractivity contribution in [2.24, 2.45) is 0 Å². The highest BCUT2D eigenvalue weighted by molar-refractivity contribution is 6.30. The third kappa shape index (κ3) is 4.67. The molecule has 0 aliphatic heterocycles. The van der Waals surface area contributed by atoms with Gasteiger partial charge in [0.1, 0.15) is 0 Å². The molecule has 0 radical (unpaired) electrons. The maximum Gasteiger partial charge on any atom is 0.244 e. The summed E-state index contributed by atoms with van der Waals surface area (Å²) in [5, 5.41) is 15.3. The highest BCUT2D eigenvalue weighted by Crippen LogP contribution is 2.21. The summed E-state index contributed by atoms with van der Waals surface area (Å²) in [7, 11) is 0. The number of nitrogens with one attached hydrogen (secondary N) is 2. The average Bonchev–Trinajstić information content (AvgIpc) is 2.61. The molecule has 0 amide bonds. The molecule has 0 bridgehead atoms. The number of benzene rings is 2. The number of aromatic nitrogens is 3. The van der Waals surface area contributed by atoms with E-state index in [9.17, 15) is 0 Å². The zero-order valence-electron chi connectivity index (χ0n) is 14.3. The molecule has 0 saturated heterocycles. The van der Waals surface area contributed by atoms with Crippen molar-refractivity contribution in [3.8, 4) is 0 Å². The molecule has 2 N–H and O–H groups in total. The molecule has 0 aliphatic carbocycles. The molecule has 0 aliphatic rings. The van der Waals surface area contributed by atoms with Gasteiger partial charge in [0.15, 0.2) is 5.82 Å². The Morgan fingerprint density at radius 2 is 1.84 bits per heavy atom. The number of rotatable bonds is 6. The highest BCUT2D eigenvalue weighted by Gasteiger charge is 2.04. The van der Waals surface area contributed by atoms with Gasteiger partial charge in [0, 0.05) is 17.3 Å². The van der Waals surface area contributed by atoms with Gasteiger partial charge in [-0.3, -0.25) is 0 Å². The van der Waals surface area contributed by atoms with Gasteiger partial charge in [-0.25, -0.2) is 0 Å². The molecule has 0 unspecified atom stereocenters. The van der Waals surface area contributed by atoms with Gasteiger partial charge in [-0.2, -0.15) is 10.1 Å². The number of nitrogens with zero attached hydrogens (tertiary/aromatic N) is 3. The van der Waals surface area contributed by atoms with Gasteiger partial charge in [0.05, 0.1) is 6.20 Å². The van der Waals surface area contributed by atoms with Crippen molar-refractivity contribution >= 4 is 29.1 Å². The van der Waals surface area contributed by atoms with Crippen LogP contribution < -0.4 is 10.6 Å². The Balaban J connectivity index is 1.61. The average molecular weight is 354 g/mol. The van der Waals surface area contributed by atoms with E-state index in [0.29, 0.717) is 11.8 Å². The van der Waals surface area contributed by atoms with E-state index in [1.165, 1.54) is 16.7 Å². The minimum Gasteiger partial charge on any atom is -0.353 e. The quantitative estimate of drug-likeness (QED) is 0.681. The number of aryl methyl sites for hydroxylation is 1. The van der Waals surface area contributed by atoms with Crippen LogP contribution in [0.15, 0.2) is 48.7 Å². The second-order valence-electron chi connectivity index (χ2n) is 5.84. The van der Waals surface area contributed by atoms with E-state index in [1.54, 1.807) is 6.20 Å². The second kappa shape index (κ2) is 7.94. The van der Waals surface area contributed by atoms with E-state index in [0.717, 1.165) is 23.7 Å². The van der Waals surface area contributed by atoms with Crippen LogP contribution in [-0.2, 0) is 6.42 Å². The van der Waals surface area contributed by atoms with Gasteiger partial charge < -0.3 is 10.6 Å². The zero-order valence-corrected chi connectivity index (χ0v) is 15.0. The Kier molecular flexibility index (Phi) is 5.46. The molecule has 1 aromatic heterocycles. The second-order valence-corrected chi connectivity index (χ2v) is 6.28. The molecule has 5 nitrogen and oxygen atoms in total. The fraction of sp³-hybridized carbons (Fsp3) is 0.211. The summed E-state index contributed by atoms with van der Waals surface area (Å²) in [4.78, 5) is 4.47. The Morgan fingerprint density at radius 1 is 1.04 bits per heavy atom. The Hall–Kier alpha value is -2.66. The first-order valence-electron chi connectivity index (χ1n) is 8.13. The summed E-state index contributed by atoms with van der Waals surface area (Å²) < 4.78 is 0. The lowest BCUT2D eigenvalue weighted by Gasteiger charge is -2.11. The largest absolute Gasteiger partial charge is 0.353 e. The molecule has 0 fully saturated rings. The fourth-order valence-corrected chi connectivity index (χ4v) is 2.56. The standard InChI is InChI=1S/C19H20ClN5/c1-13-4-3-5-17(14(13)2)23-18-12-22-25-19(24-18)21-11-10-15-6-8-16(20)9-7-15/h3-9,12H,10-11H2,1-2H3,(H2,21,23,24,25). The molecule has 0 saturated carbocycles.